The molecular weight excluding hydrogens is 255 g/mol. The molecule has 1 aromatic carbocycles. The van der Waals surface area contributed by atoms with Crippen molar-refractivity contribution in [3.8, 4) is 5.75 Å². The lowest BCUT2D eigenvalue weighted by Crippen LogP contribution is -2.47. The Morgan fingerprint density at radius 1 is 1.35 bits per heavy atom. The number of nitrogens with two attached hydrogens (primary N) is 1. The SMILES string of the molecule is CCC1CN(CCCOc2ccc(F)cc2)CCC1N. The van der Waals surface area contributed by atoms with E-state index in [0.717, 1.165) is 44.6 Å². The van der Waals surface area contributed by atoms with Crippen molar-refractivity contribution in [2.24, 2.45) is 11.7 Å². The van der Waals surface area contributed by atoms with Gasteiger partial charge in [-0.25, -0.2) is 4.39 Å². The standard InChI is InChI=1S/C16H25FN2O/c1-2-13-12-19(10-8-16(13)18)9-3-11-20-15-6-4-14(17)5-7-15/h4-7,13,16H,2-3,8-12,18H2,1H3. The summed E-state index contributed by atoms with van der Waals surface area (Å²) in [6, 6.07) is 6.55. The van der Waals surface area contributed by atoms with Gasteiger partial charge in [-0.15, -0.1) is 0 Å². The number of ether oxygens (including phenoxy) is 1. The van der Waals surface area contributed by atoms with Crippen molar-refractivity contribution in [2.45, 2.75) is 32.2 Å². The highest BCUT2D eigenvalue weighted by Gasteiger charge is 2.24. The highest BCUT2D eigenvalue weighted by Crippen LogP contribution is 2.18. The Kier molecular flexibility index (Phi) is 5.80. The van der Waals surface area contributed by atoms with Crippen LogP contribution in [0.4, 0.5) is 4.39 Å². The fraction of sp³-hybridized carbons (Fsp3) is 0.625. The first kappa shape index (κ1) is 15.3. The molecule has 1 heterocycles. The fourth-order valence-corrected chi connectivity index (χ4v) is 2.77. The Hall–Kier alpha value is -1.13. The van der Waals surface area contributed by atoms with Gasteiger partial charge < -0.3 is 15.4 Å². The predicted molar refractivity (Wildman–Crippen MR) is 79.3 cm³/mol. The van der Waals surface area contributed by atoms with Gasteiger partial charge in [0.15, 0.2) is 0 Å². The molecule has 0 amide bonds. The molecule has 1 fully saturated rings. The van der Waals surface area contributed by atoms with Crippen LogP contribution in [-0.2, 0) is 0 Å². The van der Waals surface area contributed by atoms with Crippen LogP contribution < -0.4 is 10.5 Å². The highest BCUT2D eigenvalue weighted by molar-refractivity contribution is 5.21. The topological polar surface area (TPSA) is 38.5 Å². The Labute approximate surface area is 120 Å². The van der Waals surface area contributed by atoms with Crippen LogP contribution in [-0.4, -0.2) is 37.2 Å². The van der Waals surface area contributed by atoms with E-state index >= 15 is 0 Å². The van der Waals surface area contributed by atoms with Gasteiger partial charge >= 0.3 is 0 Å². The van der Waals surface area contributed by atoms with Crippen molar-refractivity contribution in [1.29, 1.82) is 0 Å². The summed E-state index contributed by atoms with van der Waals surface area (Å²) < 4.78 is 18.4. The Balaban J connectivity index is 1.65. The average Bonchev–Trinajstić information content (AvgIpc) is 2.47. The molecular formula is C16H25FN2O. The molecule has 1 saturated heterocycles. The molecule has 0 bridgehead atoms. The minimum atomic E-state index is -0.229. The summed E-state index contributed by atoms with van der Waals surface area (Å²) >= 11 is 0. The van der Waals surface area contributed by atoms with Gasteiger partial charge in [-0.1, -0.05) is 13.3 Å². The van der Waals surface area contributed by atoms with E-state index in [4.69, 9.17) is 10.5 Å². The first-order valence-electron chi connectivity index (χ1n) is 7.55. The number of halogens is 1. The molecule has 0 spiro atoms. The molecule has 1 aliphatic heterocycles. The van der Waals surface area contributed by atoms with Crippen molar-refractivity contribution in [3.05, 3.63) is 30.1 Å². The highest BCUT2D eigenvalue weighted by atomic mass is 19.1. The normalized spacial score (nSPS) is 23.8. The molecule has 112 valence electrons. The van der Waals surface area contributed by atoms with Gasteiger partial charge in [-0.2, -0.15) is 0 Å². The summed E-state index contributed by atoms with van der Waals surface area (Å²) in [6.45, 7) is 6.13. The van der Waals surface area contributed by atoms with Crippen molar-refractivity contribution >= 4 is 0 Å². The maximum atomic E-state index is 12.7. The van der Waals surface area contributed by atoms with E-state index in [1.165, 1.54) is 12.1 Å². The van der Waals surface area contributed by atoms with Gasteiger partial charge in [0.05, 0.1) is 6.61 Å². The third kappa shape index (κ3) is 4.46. The van der Waals surface area contributed by atoms with E-state index in [0.29, 0.717) is 18.6 Å². The summed E-state index contributed by atoms with van der Waals surface area (Å²) in [5, 5.41) is 0. The molecule has 0 saturated carbocycles. The average molecular weight is 280 g/mol. The molecule has 2 atom stereocenters. The van der Waals surface area contributed by atoms with Crippen LogP contribution in [0.5, 0.6) is 5.75 Å². The zero-order valence-electron chi connectivity index (χ0n) is 12.2. The number of likely N-dealkylation sites (tertiary alicyclic amines) is 1. The summed E-state index contributed by atoms with van der Waals surface area (Å²) in [5.41, 5.74) is 6.11. The zero-order chi connectivity index (χ0) is 14.4. The van der Waals surface area contributed by atoms with Gasteiger partial charge in [0.25, 0.3) is 0 Å². The molecule has 1 aromatic rings. The lowest BCUT2D eigenvalue weighted by molar-refractivity contribution is 0.143. The second-order valence-corrected chi connectivity index (χ2v) is 5.58. The Bertz CT molecular complexity index is 396. The van der Waals surface area contributed by atoms with E-state index in [1.807, 2.05) is 0 Å². The third-order valence-electron chi connectivity index (χ3n) is 4.10. The summed E-state index contributed by atoms with van der Waals surface area (Å²) in [6.07, 6.45) is 3.24. The number of hydrogen-bond donors (Lipinski definition) is 1. The summed E-state index contributed by atoms with van der Waals surface area (Å²) in [4.78, 5) is 2.48. The third-order valence-corrected chi connectivity index (χ3v) is 4.10. The number of nitrogens with zero attached hydrogens (tertiary/aromatic N) is 1. The lowest BCUT2D eigenvalue weighted by atomic mass is 9.91. The van der Waals surface area contributed by atoms with E-state index in [2.05, 4.69) is 11.8 Å². The quantitative estimate of drug-likeness (QED) is 0.814. The zero-order valence-corrected chi connectivity index (χ0v) is 12.2. The van der Waals surface area contributed by atoms with Crippen LogP contribution in [0.2, 0.25) is 0 Å². The Morgan fingerprint density at radius 3 is 2.80 bits per heavy atom. The monoisotopic (exact) mass is 280 g/mol. The van der Waals surface area contributed by atoms with E-state index < -0.39 is 0 Å². The van der Waals surface area contributed by atoms with Crippen molar-refractivity contribution in [2.75, 3.05) is 26.2 Å². The molecule has 0 aliphatic carbocycles. The van der Waals surface area contributed by atoms with Gasteiger partial charge in [0.2, 0.25) is 0 Å². The van der Waals surface area contributed by atoms with Crippen LogP contribution in [0, 0.1) is 11.7 Å². The van der Waals surface area contributed by atoms with Gasteiger partial charge in [0, 0.05) is 19.1 Å². The molecule has 2 N–H and O–H groups in total. The van der Waals surface area contributed by atoms with Crippen molar-refractivity contribution < 1.29 is 9.13 Å². The van der Waals surface area contributed by atoms with Crippen LogP contribution >= 0.6 is 0 Å². The van der Waals surface area contributed by atoms with Gasteiger partial charge in [0.1, 0.15) is 11.6 Å². The minimum absolute atomic E-state index is 0.229. The van der Waals surface area contributed by atoms with Crippen LogP contribution in [0.25, 0.3) is 0 Å². The predicted octanol–water partition coefficient (Wildman–Crippen LogP) is 2.65. The first-order valence-corrected chi connectivity index (χ1v) is 7.55. The second-order valence-electron chi connectivity index (χ2n) is 5.58. The summed E-state index contributed by atoms with van der Waals surface area (Å²) in [7, 11) is 0. The molecule has 2 rings (SSSR count). The van der Waals surface area contributed by atoms with Gasteiger partial charge in [-0.05, 0) is 49.6 Å². The van der Waals surface area contributed by atoms with E-state index in [9.17, 15) is 4.39 Å². The number of rotatable bonds is 6. The molecule has 2 unspecified atom stereocenters. The molecule has 1 aliphatic rings. The molecule has 20 heavy (non-hydrogen) atoms. The Morgan fingerprint density at radius 2 is 2.10 bits per heavy atom. The summed E-state index contributed by atoms with van der Waals surface area (Å²) in [5.74, 6) is 1.13. The van der Waals surface area contributed by atoms with Crippen LogP contribution in [0.15, 0.2) is 24.3 Å². The van der Waals surface area contributed by atoms with E-state index in [1.54, 1.807) is 12.1 Å². The number of piperidine rings is 1. The van der Waals surface area contributed by atoms with Gasteiger partial charge in [-0.3, -0.25) is 0 Å². The minimum Gasteiger partial charge on any atom is -0.494 e. The van der Waals surface area contributed by atoms with Crippen LogP contribution in [0.1, 0.15) is 26.2 Å². The maximum absolute atomic E-state index is 12.7. The molecule has 3 nitrogen and oxygen atoms in total. The van der Waals surface area contributed by atoms with Crippen molar-refractivity contribution in [1.82, 2.24) is 4.90 Å². The molecule has 0 radical (unpaired) electrons. The molecule has 0 aromatic heterocycles. The largest absolute Gasteiger partial charge is 0.494 e. The number of hydrogen-bond acceptors (Lipinski definition) is 3. The lowest BCUT2D eigenvalue weighted by Gasteiger charge is -2.36. The molecule has 4 heteroatoms. The first-order chi connectivity index (χ1) is 9.69. The maximum Gasteiger partial charge on any atom is 0.123 e. The fourth-order valence-electron chi connectivity index (χ4n) is 2.77. The number of benzene rings is 1. The second kappa shape index (κ2) is 7.60. The van der Waals surface area contributed by atoms with E-state index in [-0.39, 0.29) is 5.82 Å². The van der Waals surface area contributed by atoms with Crippen LogP contribution in [0.3, 0.4) is 0 Å². The smallest absolute Gasteiger partial charge is 0.123 e. The van der Waals surface area contributed by atoms with Crippen molar-refractivity contribution in [3.63, 3.8) is 0 Å².